The average Bonchev–Trinajstić information content (AvgIpc) is 3.35. The lowest BCUT2D eigenvalue weighted by Gasteiger charge is -2.28. The second-order valence-electron chi connectivity index (χ2n) is 8.38. The molecule has 4 rings (SSSR count). The number of carbonyl (C=O) groups excluding carboxylic acids is 1. The largest absolute Gasteiger partial charge is 0.480 e. The molecule has 2 atom stereocenters. The Morgan fingerprint density at radius 2 is 1.91 bits per heavy atom. The molecule has 1 fully saturated rings. The van der Waals surface area contributed by atoms with Crippen LogP contribution in [-0.4, -0.2) is 65.4 Å². The lowest BCUT2D eigenvalue weighted by molar-refractivity contribution is -0.210. The van der Waals surface area contributed by atoms with Crippen LogP contribution in [0, 0.1) is 11.6 Å². The normalized spacial score (nSPS) is 22.5. The number of benzene rings is 2. The molecule has 0 saturated carbocycles. The van der Waals surface area contributed by atoms with E-state index in [0.717, 1.165) is 17.2 Å². The number of hydrogen-bond donors (Lipinski definition) is 1. The molecule has 2 aliphatic rings. The average molecular weight is 460 g/mol. The molecule has 9 heteroatoms. The molecule has 2 unspecified atom stereocenters. The molecule has 0 aliphatic carbocycles. The molecule has 1 saturated heterocycles. The van der Waals surface area contributed by atoms with Gasteiger partial charge in [0.15, 0.2) is 5.79 Å². The van der Waals surface area contributed by atoms with Crippen molar-refractivity contribution in [2.75, 3.05) is 26.8 Å². The number of halogens is 2. The van der Waals surface area contributed by atoms with Gasteiger partial charge in [-0.1, -0.05) is 12.1 Å². The van der Waals surface area contributed by atoms with E-state index in [4.69, 9.17) is 9.47 Å². The van der Waals surface area contributed by atoms with Crippen molar-refractivity contribution >= 4 is 11.9 Å². The van der Waals surface area contributed by atoms with Crippen LogP contribution in [0.3, 0.4) is 0 Å². The van der Waals surface area contributed by atoms with E-state index < -0.39 is 29.4 Å². The molecule has 1 N–H and O–H groups in total. The van der Waals surface area contributed by atoms with Crippen LogP contribution >= 0.6 is 0 Å². The third kappa shape index (κ3) is 4.62. The molecule has 33 heavy (non-hydrogen) atoms. The number of aliphatic carboxylic acids is 1. The number of rotatable bonds is 7. The van der Waals surface area contributed by atoms with Crippen molar-refractivity contribution in [2.45, 2.75) is 38.3 Å². The van der Waals surface area contributed by atoms with Crippen molar-refractivity contribution in [3.8, 4) is 11.1 Å². The summed E-state index contributed by atoms with van der Waals surface area (Å²) < 4.78 is 38.5. The SMILES string of the molecule is CCOC1(OC)CC(C(=O)O)N(C(=O)CN2Cc3ccc(-c4ccc(F)cc4F)cc3C2)C1. The number of carbonyl (C=O) groups is 2. The minimum Gasteiger partial charge on any atom is -0.480 e. The topological polar surface area (TPSA) is 79.3 Å². The van der Waals surface area contributed by atoms with Gasteiger partial charge in [-0.3, -0.25) is 9.69 Å². The molecule has 176 valence electrons. The number of ether oxygens (including phenoxy) is 2. The highest BCUT2D eigenvalue weighted by molar-refractivity contribution is 5.85. The van der Waals surface area contributed by atoms with E-state index in [1.807, 2.05) is 17.0 Å². The Morgan fingerprint density at radius 3 is 2.58 bits per heavy atom. The van der Waals surface area contributed by atoms with Crippen LogP contribution in [0.15, 0.2) is 36.4 Å². The summed E-state index contributed by atoms with van der Waals surface area (Å²) in [5, 5.41) is 9.64. The smallest absolute Gasteiger partial charge is 0.326 e. The lowest BCUT2D eigenvalue weighted by Crippen LogP contribution is -2.46. The van der Waals surface area contributed by atoms with Gasteiger partial charge in [-0.25, -0.2) is 13.6 Å². The highest BCUT2D eigenvalue weighted by atomic mass is 19.1. The number of amides is 1. The molecule has 1 amide bonds. The Bertz CT molecular complexity index is 1080. The maximum absolute atomic E-state index is 14.2. The molecule has 0 spiro atoms. The van der Waals surface area contributed by atoms with Crippen LogP contribution in [0.4, 0.5) is 8.78 Å². The Morgan fingerprint density at radius 1 is 1.15 bits per heavy atom. The quantitative estimate of drug-likeness (QED) is 0.640. The molecule has 0 bridgehead atoms. The third-order valence-electron chi connectivity index (χ3n) is 6.27. The van der Waals surface area contributed by atoms with E-state index in [9.17, 15) is 23.5 Å². The number of nitrogens with zero attached hydrogens (tertiary/aromatic N) is 2. The molecule has 2 aromatic carbocycles. The van der Waals surface area contributed by atoms with E-state index in [1.165, 1.54) is 24.1 Å². The van der Waals surface area contributed by atoms with Crippen LogP contribution in [0.1, 0.15) is 24.5 Å². The summed E-state index contributed by atoms with van der Waals surface area (Å²) in [6.45, 7) is 3.17. The molecular weight excluding hydrogens is 434 g/mol. The van der Waals surface area contributed by atoms with Crippen molar-refractivity contribution < 1.29 is 33.0 Å². The fourth-order valence-corrected chi connectivity index (χ4v) is 4.65. The number of fused-ring (bicyclic) bond motifs is 1. The first-order chi connectivity index (χ1) is 15.7. The van der Waals surface area contributed by atoms with E-state index in [-0.39, 0.29) is 25.4 Å². The fraction of sp³-hybridized carbons (Fsp3) is 0.417. The summed E-state index contributed by atoms with van der Waals surface area (Å²) in [7, 11) is 1.45. The highest BCUT2D eigenvalue weighted by Gasteiger charge is 2.50. The molecule has 7 nitrogen and oxygen atoms in total. The van der Waals surface area contributed by atoms with Crippen LogP contribution in [0.25, 0.3) is 11.1 Å². The van der Waals surface area contributed by atoms with Gasteiger partial charge in [-0.05, 0) is 41.8 Å². The monoisotopic (exact) mass is 460 g/mol. The Balaban J connectivity index is 1.47. The summed E-state index contributed by atoms with van der Waals surface area (Å²) >= 11 is 0. The number of carboxylic acids is 1. The van der Waals surface area contributed by atoms with Crippen LogP contribution in [0.5, 0.6) is 0 Å². The van der Waals surface area contributed by atoms with Gasteiger partial charge >= 0.3 is 5.97 Å². The second kappa shape index (κ2) is 9.17. The van der Waals surface area contributed by atoms with Crippen molar-refractivity contribution in [1.29, 1.82) is 0 Å². The predicted octanol–water partition coefficient (Wildman–Crippen LogP) is 3.01. The first-order valence-corrected chi connectivity index (χ1v) is 10.8. The Labute approximate surface area is 190 Å². The zero-order valence-electron chi connectivity index (χ0n) is 18.5. The minimum absolute atomic E-state index is 0.0324. The first-order valence-electron chi connectivity index (χ1n) is 10.8. The molecule has 0 aromatic heterocycles. The van der Waals surface area contributed by atoms with Gasteiger partial charge in [0.05, 0.1) is 13.1 Å². The van der Waals surface area contributed by atoms with E-state index >= 15 is 0 Å². The summed E-state index contributed by atoms with van der Waals surface area (Å²) in [6.07, 6.45) is 0.0607. The van der Waals surface area contributed by atoms with E-state index in [1.54, 1.807) is 13.0 Å². The molecule has 0 radical (unpaired) electrons. The second-order valence-corrected chi connectivity index (χ2v) is 8.38. The standard InChI is InChI=1S/C24H26F2N2O5/c1-3-33-24(32-2)10-21(23(30)31)28(14-24)22(29)13-27-11-16-5-4-15(8-17(16)12-27)19-7-6-18(25)9-20(19)26/h4-9,21H,3,10-14H2,1-2H3,(H,30,31). The van der Waals surface area contributed by atoms with E-state index in [2.05, 4.69) is 0 Å². The Hall–Kier alpha value is -2.88. The van der Waals surface area contributed by atoms with Gasteiger partial charge < -0.3 is 19.5 Å². The maximum Gasteiger partial charge on any atom is 0.326 e. The summed E-state index contributed by atoms with van der Waals surface area (Å²) in [5.74, 6) is -3.82. The van der Waals surface area contributed by atoms with Crippen molar-refractivity contribution in [1.82, 2.24) is 9.80 Å². The van der Waals surface area contributed by atoms with Gasteiger partial charge in [0, 0.05) is 44.9 Å². The zero-order valence-corrected chi connectivity index (χ0v) is 18.5. The van der Waals surface area contributed by atoms with Gasteiger partial charge in [0.1, 0.15) is 17.7 Å². The van der Waals surface area contributed by atoms with Crippen LogP contribution in [-0.2, 0) is 32.2 Å². The minimum atomic E-state index is -1.13. The zero-order chi connectivity index (χ0) is 23.8. The molecular formula is C24H26F2N2O5. The molecule has 2 aromatic rings. The number of hydrogen-bond acceptors (Lipinski definition) is 5. The number of methoxy groups -OCH3 is 1. The van der Waals surface area contributed by atoms with Gasteiger partial charge in [0.2, 0.25) is 5.91 Å². The van der Waals surface area contributed by atoms with Crippen molar-refractivity contribution in [2.24, 2.45) is 0 Å². The fourth-order valence-electron chi connectivity index (χ4n) is 4.65. The Kier molecular flexibility index (Phi) is 6.47. The van der Waals surface area contributed by atoms with Crippen molar-refractivity contribution in [3.05, 3.63) is 59.2 Å². The molecule has 2 aliphatic heterocycles. The predicted molar refractivity (Wildman–Crippen MR) is 115 cm³/mol. The molecule has 2 heterocycles. The van der Waals surface area contributed by atoms with Crippen LogP contribution < -0.4 is 0 Å². The lowest BCUT2D eigenvalue weighted by atomic mass is 10.0. The summed E-state index contributed by atoms with van der Waals surface area (Å²) in [4.78, 5) is 28.1. The van der Waals surface area contributed by atoms with Crippen LogP contribution in [0.2, 0.25) is 0 Å². The highest BCUT2D eigenvalue weighted by Crippen LogP contribution is 2.33. The number of carboxylic acid groups (broad SMARTS) is 1. The van der Waals surface area contributed by atoms with Crippen molar-refractivity contribution in [3.63, 3.8) is 0 Å². The summed E-state index contributed by atoms with van der Waals surface area (Å²) in [5.41, 5.74) is 2.89. The van der Waals surface area contributed by atoms with Gasteiger partial charge in [0.25, 0.3) is 0 Å². The number of likely N-dealkylation sites (tertiary alicyclic amines) is 1. The van der Waals surface area contributed by atoms with Gasteiger partial charge in [-0.15, -0.1) is 0 Å². The summed E-state index contributed by atoms with van der Waals surface area (Å²) in [6, 6.07) is 7.94. The van der Waals surface area contributed by atoms with Gasteiger partial charge in [-0.2, -0.15) is 0 Å². The maximum atomic E-state index is 14.2. The van der Waals surface area contributed by atoms with E-state index in [0.29, 0.717) is 30.8 Å². The third-order valence-corrected chi connectivity index (χ3v) is 6.27. The first kappa shape index (κ1) is 23.3.